The van der Waals surface area contributed by atoms with E-state index in [4.69, 9.17) is 16.3 Å². The van der Waals surface area contributed by atoms with Crippen LogP contribution in [0, 0.1) is 6.92 Å². The summed E-state index contributed by atoms with van der Waals surface area (Å²) in [6.07, 6.45) is 2.41. The van der Waals surface area contributed by atoms with Gasteiger partial charge < -0.3 is 4.74 Å². The Morgan fingerprint density at radius 1 is 1.33 bits per heavy atom. The Kier molecular flexibility index (Phi) is 3.95. The van der Waals surface area contributed by atoms with Gasteiger partial charge >= 0.3 is 0 Å². The third kappa shape index (κ3) is 2.68. The fraction of sp³-hybridized carbons (Fsp3) is 0.143. The molecule has 4 heteroatoms. The van der Waals surface area contributed by atoms with E-state index >= 15 is 0 Å². The highest BCUT2D eigenvalue weighted by Gasteiger charge is 2.08. The van der Waals surface area contributed by atoms with Crippen molar-refractivity contribution in [3.05, 3.63) is 58.4 Å². The van der Waals surface area contributed by atoms with Gasteiger partial charge in [-0.25, -0.2) is 0 Å². The zero-order chi connectivity index (χ0) is 13.0. The van der Waals surface area contributed by atoms with Gasteiger partial charge in [-0.05, 0) is 30.7 Å². The number of halogens is 1. The average Bonchev–Trinajstić information content (AvgIpc) is 2.38. The second-order valence-corrected chi connectivity index (χ2v) is 4.23. The maximum absolute atomic E-state index is 10.9. The summed E-state index contributed by atoms with van der Waals surface area (Å²) in [5, 5.41) is 0.389. The Labute approximate surface area is 110 Å². The molecule has 0 fully saturated rings. The molecular formula is C14H12ClNO2. The minimum absolute atomic E-state index is 0.313. The molecule has 0 bridgehead atoms. The summed E-state index contributed by atoms with van der Waals surface area (Å²) < 4.78 is 5.60. The van der Waals surface area contributed by atoms with Crippen molar-refractivity contribution < 1.29 is 9.53 Å². The predicted molar refractivity (Wildman–Crippen MR) is 70.1 cm³/mol. The second-order valence-electron chi connectivity index (χ2n) is 3.83. The summed E-state index contributed by atoms with van der Waals surface area (Å²) in [4.78, 5) is 15.2. The average molecular weight is 262 g/mol. The molecule has 0 radical (unpaired) electrons. The molecule has 0 aliphatic rings. The maximum Gasteiger partial charge on any atom is 0.155 e. The third-order valence-corrected chi connectivity index (χ3v) is 2.94. The molecule has 3 nitrogen and oxygen atoms in total. The first-order chi connectivity index (χ1) is 8.72. The van der Waals surface area contributed by atoms with Crippen LogP contribution in [0.15, 0.2) is 36.5 Å². The zero-order valence-electron chi connectivity index (χ0n) is 9.89. The number of rotatable bonds is 4. The zero-order valence-corrected chi connectivity index (χ0v) is 10.6. The van der Waals surface area contributed by atoms with Crippen molar-refractivity contribution in [3.63, 3.8) is 0 Å². The third-order valence-electron chi connectivity index (χ3n) is 2.61. The van der Waals surface area contributed by atoms with Gasteiger partial charge in [-0.1, -0.05) is 23.7 Å². The van der Waals surface area contributed by atoms with E-state index in [1.165, 1.54) is 0 Å². The lowest BCUT2D eigenvalue weighted by Gasteiger charge is -2.10. The molecule has 0 atom stereocenters. The van der Waals surface area contributed by atoms with E-state index in [1.807, 2.05) is 19.1 Å². The van der Waals surface area contributed by atoms with Gasteiger partial charge in [0.15, 0.2) is 6.29 Å². The maximum atomic E-state index is 10.9. The number of hydrogen-bond donors (Lipinski definition) is 0. The topological polar surface area (TPSA) is 39.2 Å². The Morgan fingerprint density at radius 2 is 2.17 bits per heavy atom. The lowest BCUT2D eigenvalue weighted by Crippen LogP contribution is -2.02. The van der Waals surface area contributed by atoms with E-state index in [-0.39, 0.29) is 0 Å². The predicted octanol–water partition coefficient (Wildman–Crippen LogP) is 3.43. The van der Waals surface area contributed by atoms with Crippen molar-refractivity contribution in [2.75, 3.05) is 0 Å². The highest BCUT2D eigenvalue weighted by Crippen LogP contribution is 2.25. The molecule has 1 aromatic carbocycles. The van der Waals surface area contributed by atoms with Crippen LogP contribution < -0.4 is 4.74 Å². The molecule has 0 unspecified atom stereocenters. The summed E-state index contributed by atoms with van der Waals surface area (Å²) in [5.41, 5.74) is 2.26. The standard InChI is InChI=1S/C14H12ClNO2/c1-10-4-3-7-16-13(10)9-18-14-6-2-5-12(15)11(14)8-17/h2-8H,9H2,1H3. The number of pyridine rings is 1. The van der Waals surface area contributed by atoms with E-state index in [0.717, 1.165) is 11.3 Å². The molecule has 2 rings (SSSR count). The van der Waals surface area contributed by atoms with Gasteiger partial charge in [0.05, 0.1) is 16.3 Å². The molecule has 0 saturated carbocycles. The molecule has 92 valence electrons. The van der Waals surface area contributed by atoms with Gasteiger partial charge in [0.25, 0.3) is 0 Å². The fourth-order valence-corrected chi connectivity index (χ4v) is 1.78. The number of nitrogens with zero attached hydrogens (tertiary/aromatic N) is 1. The number of ether oxygens (including phenoxy) is 1. The van der Waals surface area contributed by atoms with E-state index in [2.05, 4.69) is 4.98 Å². The normalized spacial score (nSPS) is 10.1. The summed E-state index contributed by atoms with van der Waals surface area (Å²) in [6.45, 7) is 2.28. The second kappa shape index (κ2) is 5.65. The van der Waals surface area contributed by atoms with E-state index in [0.29, 0.717) is 29.2 Å². The summed E-state index contributed by atoms with van der Waals surface area (Å²) in [6, 6.07) is 8.95. The number of aryl methyl sites for hydroxylation is 1. The molecule has 18 heavy (non-hydrogen) atoms. The van der Waals surface area contributed by atoms with Crippen LogP contribution in [0.2, 0.25) is 5.02 Å². The molecule has 0 aliphatic carbocycles. The van der Waals surface area contributed by atoms with Crippen molar-refractivity contribution in [3.8, 4) is 5.75 Å². The Morgan fingerprint density at radius 3 is 2.89 bits per heavy atom. The van der Waals surface area contributed by atoms with Crippen molar-refractivity contribution >= 4 is 17.9 Å². The lowest BCUT2D eigenvalue weighted by atomic mass is 10.2. The number of carbonyl (C=O) groups excluding carboxylic acids is 1. The summed E-state index contributed by atoms with van der Waals surface area (Å²) >= 11 is 5.92. The number of benzene rings is 1. The van der Waals surface area contributed by atoms with Crippen molar-refractivity contribution in [2.24, 2.45) is 0 Å². The molecular weight excluding hydrogens is 250 g/mol. The van der Waals surface area contributed by atoms with Crippen LogP contribution in [-0.4, -0.2) is 11.3 Å². The van der Waals surface area contributed by atoms with Crippen molar-refractivity contribution in [1.82, 2.24) is 4.98 Å². The first kappa shape index (κ1) is 12.6. The quantitative estimate of drug-likeness (QED) is 0.792. The van der Waals surface area contributed by atoms with Crippen LogP contribution in [0.3, 0.4) is 0 Å². The molecule has 0 N–H and O–H groups in total. The van der Waals surface area contributed by atoms with E-state index < -0.39 is 0 Å². The Hall–Kier alpha value is -1.87. The van der Waals surface area contributed by atoms with Crippen LogP contribution in [0.1, 0.15) is 21.6 Å². The van der Waals surface area contributed by atoms with E-state index in [9.17, 15) is 4.79 Å². The molecule has 0 aliphatic heterocycles. The van der Waals surface area contributed by atoms with Gasteiger partial charge in [0, 0.05) is 6.20 Å². The molecule has 2 aromatic rings. The molecule has 1 aromatic heterocycles. The smallest absolute Gasteiger partial charge is 0.155 e. The van der Waals surface area contributed by atoms with E-state index in [1.54, 1.807) is 24.4 Å². The van der Waals surface area contributed by atoms with Crippen LogP contribution >= 0.6 is 11.6 Å². The molecule has 0 spiro atoms. The minimum atomic E-state index is 0.313. The van der Waals surface area contributed by atoms with Crippen LogP contribution in [0.5, 0.6) is 5.75 Å². The summed E-state index contributed by atoms with van der Waals surface area (Å²) in [7, 11) is 0. The van der Waals surface area contributed by atoms with Gasteiger partial charge in [-0.2, -0.15) is 0 Å². The van der Waals surface area contributed by atoms with Crippen LogP contribution in [0.25, 0.3) is 0 Å². The van der Waals surface area contributed by atoms with Gasteiger partial charge in [0.2, 0.25) is 0 Å². The largest absolute Gasteiger partial charge is 0.486 e. The van der Waals surface area contributed by atoms with Gasteiger partial charge in [-0.3, -0.25) is 9.78 Å². The highest BCUT2D eigenvalue weighted by molar-refractivity contribution is 6.33. The molecule has 0 saturated heterocycles. The molecule has 0 amide bonds. The monoisotopic (exact) mass is 261 g/mol. The number of aromatic nitrogens is 1. The number of aldehydes is 1. The lowest BCUT2D eigenvalue weighted by molar-refractivity contribution is 0.111. The fourth-order valence-electron chi connectivity index (χ4n) is 1.57. The minimum Gasteiger partial charge on any atom is -0.486 e. The Bertz CT molecular complexity index is 569. The van der Waals surface area contributed by atoms with Gasteiger partial charge in [-0.15, -0.1) is 0 Å². The Balaban J connectivity index is 2.18. The van der Waals surface area contributed by atoms with Crippen LogP contribution in [-0.2, 0) is 6.61 Å². The summed E-state index contributed by atoms with van der Waals surface area (Å²) in [5.74, 6) is 0.475. The van der Waals surface area contributed by atoms with Crippen LogP contribution in [0.4, 0.5) is 0 Å². The first-order valence-electron chi connectivity index (χ1n) is 5.49. The first-order valence-corrected chi connectivity index (χ1v) is 5.87. The van der Waals surface area contributed by atoms with Crippen molar-refractivity contribution in [1.29, 1.82) is 0 Å². The number of carbonyl (C=O) groups is 1. The number of hydrogen-bond acceptors (Lipinski definition) is 3. The molecule has 1 heterocycles. The van der Waals surface area contributed by atoms with Gasteiger partial charge in [0.1, 0.15) is 12.4 Å². The SMILES string of the molecule is Cc1cccnc1COc1cccc(Cl)c1C=O. The van der Waals surface area contributed by atoms with Crippen molar-refractivity contribution in [2.45, 2.75) is 13.5 Å². The highest BCUT2D eigenvalue weighted by atomic mass is 35.5.